The molecule has 0 saturated carbocycles. The first kappa shape index (κ1) is 15.9. The van der Waals surface area contributed by atoms with Gasteiger partial charge in [-0.3, -0.25) is 9.59 Å². The SMILES string of the molecule is CCC(C)C1NC(=O)C(CC)N(Cc2csc(C)n2)C1=O. The van der Waals surface area contributed by atoms with Gasteiger partial charge in [-0.15, -0.1) is 11.3 Å². The summed E-state index contributed by atoms with van der Waals surface area (Å²) in [5.74, 6) is 0.106. The largest absolute Gasteiger partial charge is 0.342 e. The average Bonchev–Trinajstić information content (AvgIpc) is 2.87. The Bertz CT molecular complexity index is 529. The third kappa shape index (κ3) is 3.26. The molecule has 0 bridgehead atoms. The van der Waals surface area contributed by atoms with Crippen molar-refractivity contribution in [2.45, 2.75) is 59.2 Å². The van der Waals surface area contributed by atoms with E-state index in [0.29, 0.717) is 13.0 Å². The summed E-state index contributed by atoms with van der Waals surface area (Å²) in [6, 6.07) is -0.801. The van der Waals surface area contributed by atoms with Gasteiger partial charge in [-0.2, -0.15) is 0 Å². The van der Waals surface area contributed by atoms with Crippen LogP contribution in [-0.2, 0) is 16.1 Å². The molecule has 1 aliphatic rings. The summed E-state index contributed by atoms with van der Waals surface area (Å²) in [4.78, 5) is 31.1. The summed E-state index contributed by atoms with van der Waals surface area (Å²) >= 11 is 1.57. The van der Waals surface area contributed by atoms with Crippen molar-refractivity contribution in [3.8, 4) is 0 Å². The monoisotopic (exact) mass is 309 g/mol. The molecule has 0 aliphatic carbocycles. The third-order valence-electron chi connectivity index (χ3n) is 4.12. The van der Waals surface area contributed by atoms with Gasteiger partial charge in [0.25, 0.3) is 0 Å². The number of amides is 2. The first-order valence-electron chi connectivity index (χ1n) is 7.49. The Labute approximate surface area is 129 Å². The standard InChI is InChI=1S/C15H23N3O2S/c1-5-9(3)13-15(20)18(12(6-2)14(19)17-13)7-11-8-21-10(4)16-11/h8-9,12-13H,5-7H2,1-4H3,(H,17,19). The number of nitrogens with one attached hydrogen (secondary N) is 1. The Morgan fingerprint density at radius 1 is 1.43 bits per heavy atom. The molecule has 0 spiro atoms. The molecular formula is C15H23N3O2S. The van der Waals surface area contributed by atoms with Gasteiger partial charge in [-0.25, -0.2) is 4.98 Å². The molecule has 3 atom stereocenters. The van der Waals surface area contributed by atoms with E-state index in [1.807, 2.05) is 33.1 Å². The molecule has 3 unspecified atom stereocenters. The van der Waals surface area contributed by atoms with Gasteiger partial charge in [0, 0.05) is 5.38 Å². The van der Waals surface area contributed by atoms with Crippen LogP contribution in [0, 0.1) is 12.8 Å². The predicted molar refractivity (Wildman–Crippen MR) is 82.9 cm³/mol. The molecule has 6 heteroatoms. The van der Waals surface area contributed by atoms with Crippen molar-refractivity contribution in [3.63, 3.8) is 0 Å². The number of hydrogen-bond acceptors (Lipinski definition) is 4. The second-order valence-electron chi connectivity index (χ2n) is 5.62. The van der Waals surface area contributed by atoms with Gasteiger partial charge < -0.3 is 10.2 Å². The van der Waals surface area contributed by atoms with Crippen molar-refractivity contribution < 1.29 is 9.59 Å². The van der Waals surface area contributed by atoms with Gasteiger partial charge in [0.1, 0.15) is 12.1 Å². The first-order valence-corrected chi connectivity index (χ1v) is 8.37. The number of nitrogens with zero attached hydrogens (tertiary/aromatic N) is 2. The van der Waals surface area contributed by atoms with Crippen molar-refractivity contribution in [2.75, 3.05) is 0 Å². The number of carbonyl (C=O) groups is 2. The lowest BCUT2D eigenvalue weighted by Crippen LogP contribution is -2.64. The summed E-state index contributed by atoms with van der Waals surface area (Å²) in [6.45, 7) is 8.32. The molecule has 1 N–H and O–H groups in total. The van der Waals surface area contributed by atoms with E-state index in [2.05, 4.69) is 10.3 Å². The Morgan fingerprint density at radius 2 is 2.14 bits per heavy atom. The summed E-state index contributed by atoms with van der Waals surface area (Å²) in [6.07, 6.45) is 1.48. The average molecular weight is 309 g/mol. The molecule has 0 aromatic carbocycles. The maximum absolute atomic E-state index is 12.7. The molecule has 1 fully saturated rings. The topological polar surface area (TPSA) is 62.3 Å². The minimum atomic E-state index is -0.412. The molecule has 1 aromatic rings. The van der Waals surface area contributed by atoms with Gasteiger partial charge in [0.15, 0.2) is 0 Å². The highest BCUT2D eigenvalue weighted by Gasteiger charge is 2.41. The fourth-order valence-corrected chi connectivity index (χ4v) is 3.26. The molecule has 1 aliphatic heterocycles. The van der Waals surface area contributed by atoms with Crippen LogP contribution >= 0.6 is 11.3 Å². The predicted octanol–water partition coefficient (Wildman–Crippen LogP) is 2.10. The highest BCUT2D eigenvalue weighted by Crippen LogP contribution is 2.22. The molecule has 2 rings (SSSR count). The van der Waals surface area contributed by atoms with Gasteiger partial charge in [0.2, 0.25) is 11.8 Å². The van der Waals surface area contributed by atoms with Crippen LogP contribution in [0.25, 0.3) is 0 Å². The minimum absolute atomic E-state index is 0.0152. The van der Waals surface area contributed by atoms with E-state index in [1.54, 1.807) is 16.2 Å². The number of carbonyl (C=O) groups excluding carboxylic acids is 2. The zero-order chi connectivity index (χ0) is 15.6. The Balaban J connectivity index is 2.24. The van der Waals surface area contributed by atoms with E-state index >= 15 is 0 Å². The fraction of sp³-hybridized carbons (Fsp3) is 0.667. The number of thiazole rings is 1. The maximum Gasteiger partial charge on any atom is 0.246 e. The minimum Gasteiger partial charge on any atom is -0.342 e. The molecule has 2 amide bonds. The van der Waals surface area contributed by atoms with Crippen LogP contribution in [0.5, 0.6) is 0 Å². The Morgan fingerprint density at radius 3 is 2.67 bits per heavy atom. The molecule has 21 heavy (non-hydrogen) atoms. The van der Waals surface area contributed by atoms with Gasteiger partial charge in [-0.1, -0.05) is 27.2 Å². The van der Waals surface area contributed by atoms with E-state index in [4.69, 9.17) is 0 Å². The molecule has 2 heterocycles. The van der Waals surface area contributed by atoms with Crippen LogP contribution in [0.3, 0.4) is 0 Å². The number of piperazine rings is 1. The zero-order valence-corrected chi connectivity index (χ0v) is 13.9. The maximum atomic E-state index is 12.7. The number of aromatic nitrogens is 1. The van der Waals surface area contributed by atoms with Crippen molar-refractivity contribution in [3.05, 3.63) is 16.1 Å². The second kappa shape index (κ2) is 6.56. The molecule has 5 nitrogen and oxygen atoms in total. The van der Waals surface area contributed by atoms with E-state index in [9.17, 15) is 9.59 Å². The summed E-state index contributed by atoms with van der Waals surface area (Å²) < 4.78 is 0. The highest BCUT2D eigenvalue weighted by atomic mass is 32.1. The lowest BCUT2D eigenvalue weighted by Gasteiger charge is -2.40. The van der Waals surface area contributed by atoms with E-state index in [1.165, 1.54) is 0 Å². The Kier molecular flexibility index (Phi) is 4.98. The van der Waals surface area contributed by atoms with Crippen molar-refractivity contribution >= 4 is 23.2 Å². The summed E-state index contributed by atoms with van der Waals surface area (Å²) in [5, 5.41) is 5.83. The van der Waals surface area contributed by atoms with Crippen molar-refractivity contribution in [2.24, 2.45) is 5.92 Å². The van der Waals surface area contributed by atoms with Gasteiger partial charge in [0.05, 0.1) is 17.2 Å². The van der Waals surface area contributed by atoms with Crippen LogP contribution in [0.15, 0.2) is 5.38 Å². The van der Waals surface area contributed by atoms with Crippen LogP contribution < -0.4 is 5.32 Å². The lowest BCUT2D eigenvalue weighted by molar-refractivity contribution is -0.151. The molecule has 116 valence electrons. The van der Waals surface area contributed by atoms with E-state index < -0.39 is 6.04 Å². The third-order valence-corrected chi connectivity index (χ3v) is 4.95. The number of rotatable bonds is 5. The second-order valence-corrected chi connectivity index (χ2v) is 6.68. The number of hydrogen-bond donors (Lipinski definition) is 1. The van der Waals surface area contributed by atoms with Crippen molar-refractivity contribution in [1.29, 1.82) is 0 Å². The van der Waals surface area contributed by atoms with Crippen molar-refractivity contribution in [1.82, 2.24) is 15.2 Å². The molecule has 1 saturated heterocycles. The van der Waals surface area contributed by atoms with Crippen LogP contribution in [-0.4, -0.2) is 33.8 Å². The molecule has 0 radical (unpaired) electrons. The van der Waals surface area contributed by atoms with Gasteiger partial charge >= 0.3 is 0 Å². The zero-order valence-electron chi connectivity index (χ0n) is 13.0. The fourth-order valence-electron chi connectivity index (χ4n) is 2.66. The van der Waals surface area contributed by atoms with Crippen LogP contribution in [0.1, 0.15) is 44.3 Å². The first-order chi connectivity index (χ1) is 9.97. The van der Waals surface area contributed by atoms with Gasteiger partial charge in [-0.05, 0) is 19.3 Å². The Hall–Kier alpha value is -1.43. The summed E-state index contributed by atoms with van der Waals surface area (Å²) in [5.41, 5.74) is 0.863. The van der Waals surface area contributed by atoms with Crippen LogP contribution in [0.2, 0.25) is 0 Å². The van der Waals surface area contributed by atoms with E-state index in [0.717, 1.165) is 17.1 Å². The number of aryl methyl sites for hydroxylation is 1. The summed E-state index contributed by atoms with van der Waals surface area (Å²) in [7, 11) is 0. The quantitative estimate of drug-likeness (QED) is 0.906. The van der Waals surface area contributed by atoms with Crippen LogP contribution in [0.4, 0.5) is 0 Å². The lowest BCUT2D eigenvalue weighted by atomic mass is 9.93. The molecular weight excluding hydrogens is 286 g/mol. The molecule has 1 aromatic heterocycles. The normalized spacial score (nSPS) is 24.1. The smallest absolute Gasteiger partial charge is 0.246 e. The van der Waals surface area contributed by atoms with E-state index in [-0.39, 0.29) is 23.8 Å². The highest BCUT2D eigenvalue weighted by molar-refractivity contribution is 7.09.